The summed E-state index contributed by atoms with van der Waals surface area (Å²) in [4.78, 5) is 0. The highest BCUT2D eigenvalue weighted by atomic mass is 19.1. The van der Waals surface area contributed by atoms with E-state index in [1.54, 1.807) is 12.1 Å². The Bertz CT molecular complexity index is 307. The van der Waals surface area contributed by atoms with Gasteiger partial charge in [0.15, 0.2) is 0 Å². The third-order valence-electron chi connectivity index (χ3n) is 3.43. The molecule has 2 atom stereocenters. The molecule has 0 spiro atoms. The summed E-state index contributed by atoms with van der Waals surface area (Å²) in [5.41, 5.74) is 7.21. The lowest BCUT2D eigenvalue weighted by atomic mass is 9.90. The summed E-state index contributed by atoms with van der Waals surface area (Å²) in [7, 11) is 0. The predicted octanol–water partition coefficient (Wildman–Crippen LogP) is 4.43. The maximum absolute atomic E-state index is 12.8. The van der Waals surface area contributed by atoms with Gasteiger partial charge in [-0.25, -0.2) is 4.39 Å². The van der Waals surface area contributed by atoms with E-state index < -0.39 is 0 Å². The highest BCUT2D eigenvalue weighted by Crippen LogP contribution is 2.25. The third kappa shape index (κ3) is 4.86. The Labute approximate surface area is 104 Å². The molecule has 0 radical (unpaired) electrons. The van der Waals surface area contributed by atoms with Gasteiger partial charge >= 0.3 is 0 Å². The summed E-state index contributed by atoms with van der Waals surface area (Å²) < 4.78 is 12.8. The Balaban J connectivity index is 2.51. The normalized spacial score (nSPS) is 14.6. The summed E-state index contributed by atoms with van der Waals surface area (Å²) >= 11 is 0. The Morgan fingerprint density at radius 3 is 2.35 bits per heavy atom. The molecular formula is C15H24FN. The minimum atomic E-state index is -0.195. The van der Waals surface area contributed by atoms with E-state index >= 15 is 0 Å². The first-order chi connectivity index (χ1) is 8.17. The van der Waals surface area contributed by atoms with Gasteiger partial charge < -0.3 is 5.73 Å². The second-order valence-electron chi connectivity index (χ2n) is 4.81. The first-order valence-electron chi connectivity index (χ1n) is 6.68. The number of unbranched alkanes of at least 4 members (excludes halogenated alkanes) is 1. The van der Waals surface area contributed by atoms with Crippen LogP contribution in [-0.2, 0) is 0 Å². The zero-order chi connectivity index (χ0) is 12.7. The van der Waals surface area contributed by atoms with Crippen LogP contribution in [0, 0.1) is 11.7 Å². The maximum atomic E-state index is 12.8. The van der Waals surface area contributed by atoms with Crippen LogP contribution in [0.15, 0.2) is 24.3 Å². The monoisotopic (exact) mass is 237 g/mol. The average Bonchev–Trinajstić information content (AvgIpc) is 2.35. The van der Waals surface area contributed by atoms with Crippen LogP contribution in [0.1, 0.15) is 57.6 Å². The zero-order valence-corrected chi connectivity index (χ0v) is 11.0. The summed E-state index contributed by atoms with van der Waals surface area (Å²) in [5.74, 6) is 0.494. The van der Waals surface area contributed by atoms with Crippen LogP contribution in [-0.4, -0.2) is 0 Å². The van der Waals surface area contributed by atoms with Crippen LogP contribution in [0.5, 0.6) is 0 Å². The second kappa shape index (κ2) is 7.44. The highest BCUT2D eigenvalue weighted by molar-refractivity contribution is 5.19. The molecule has 0 aliphatic rings. The Hall–Kier alpha value is -0.890. The van der Waals surface area contributed by atoms with Crippen molar-refractivity contribution in [3.63, 3.8) is 0 Å². The molecule has 96 valence electrons. The summed E-state index contributed by atoms with van der Waals surface area (Å²) in [6.07, 6.45) is 5.94. The molecule has 0 heterocycles. The first kappa shape index (κ1) is 14.2. The van der Waals surface area contributed by atoms with Crippen LogP contribution >= 0.6 is 0 Å². The van der Waals surface area contributed by atoms with Gasteiger partial charge in [0, 0.05) is 6.04 Å². The van der Waals surface area contributed by atoms with E-state index in [2.05, 4.69) is 13.8 Å². The summed E-state index contributed by atoms with van der Waals surface area (Å²) in [5, 5.41) is 0. The molecule has 2 unspecified atom stereocenters. The zero-order valence-electron chi connectivity index (χ0n) is 11.0. The SMILES string of the molecule is CCCCC(CC)CC(N)c1ccc(F)cc1. The molecule has 2 N–H and O–H groups in total. The van der Waals surface area contributed by atoms with Crippen molar-refractivity contribution in [1.82, 2.24) is 0 Å². The van der Waals surface area contributed by atoms with Crippen LogP contribution in [0.25, 0.3) is 0 Å². The van der Waals surface area contributed by atoms with Crippen LogP contribution in [0.2, 0.25) is 0 Å². The predicted molar refractivity (Wildman–Crippen MR) is 71.3 cm³/mol. The van der Waals surface area contributed by atoms with Gasteiger partial charge in [-0.15, -0.1) is 0 Å². The molecule has 0 amide bonds. The van der Waals surface area contributed by atoms with E-state index in [9.17, 15) is 4.39 Å². The van der Waals surface area contributed by atoms with Crippen molar-refractivity contribution < 1.29 is 4.39 Å². The molecule has 0 saturated carbocycles. The third-order valence-corrected chi connectivity index (χ3v) is 3.43. The lowest BCUT2D eigenvalue weighted by molar-refractivity contribution is 0.388. The molecule has 1 nitrogen and oxygen atoms in total. The van der Waals surface area contributed by atoms with Gasteiger partial charge in [0.1, 0.15) is 5.82 Å². The van der Waals surface area contributed by atoms with E-state index in [4.69, 9.17) is 5.73 Å². The fourth-order valence-corrected chi connectivity index (χ4v) is 2.19. The number of hydrogen-bond acceptors (Lipinski definition) is 1. The van der Waals surface area contributed by atoms with Gasteiger partial charge in [-0.2, -0.15) is 0 Å². The Morgan fingerprint density at radius 1 is 1.18 bits per heavy atom. The topological polar surface area (TPSA) is 26.0 Å². The van der Waals surface area contributed by atoms with Crippen LogP contribution in [0.3, 0.4) is 0 Å². The van der Waals surface area contributed by atoms with Gasteiger partial charge in [-0.3, -0.25) is 0 Å². The number of nitrogens with two attached hydrogens (primary N) is 1. The molecule has 1 aromatic rings. The smallest absolute Gasteiger partial charge is 0.123 e. The van der Waals surface area contributed by atoms with Crippen molar-refractivity contribution in [2.45, 2.75) is 52.0 Å². The molecule has 0 aromatic heterocycles. The van der Waals surface area contributed by atoms with Crippen molar-refractivity contribution in [3.8, 4) is 0 Å². The molecule has 0 bridgehead atoms. The molecule has 1 aromatic carbocycles. The van der Waals surface area contributed by atoms with E-state index in [0.29, 0.717) is 5.92 Å². The van der Waals surface area contributed by atoms with Crippen LogP contribution in [0.4, 0.5) is 4.39 Å². The summed E-state index contributed by atoms with van der Waals surface area (Å²) in [6.45, 7) is 4.43. The van der Waals surface area contributed by atoms with Crippen molar-refractivity contribution in [2.75, 3.05) is 0 Å². The maximum Gasteiger partial charge on any atom is 0.123 e. The fourth-order valence-electron chi connectivity index (χ4n) is 2.19. The minimum absolute atomic E-state index is 0.0393. The van der Waals surface area contributed by atoms with E-state index in [1.165, 1.54) is 37.8 Å². The van der Waals surface area contributed by atoms with Crippen molar-refractivity contribution in [3.05, 3.63) is 35.6 Å². The molecule has 2 heteroatoms. The standard InChI is InChI=1S/C15H24FN/c1-3-5-6-12(4-2)11-15(17)13-7-9-14(16)10-8-13/h7-10,12,15H,3-6,11,17H2,1-2H3. The minimum Gasteiger partial charge on any atom is -0.324 e. The van der Waals surface area contributed by atoms with Gasteiger partial charge in [0.25, 0.3) is 0 Å². The molecule has 17 heavy (non-hydrogen) atoms. The van der Waals surface area contributed by atoms with Gasteiger partial charge in [0.2, 0.25) is 0 Å². The fraction of sp³-hybridized carbons (Fsp3) is 0.600. The Kier molecular flexibility index (Phi) is 6.20. The average molecular weight is 237 g/mol. The molecule has 0 saturated heterocycles. The highest BCUT2D eigenvalue weighted by Gasteiger charge is 2.13. The van der Waals surface area contributed by atoms with E-state index in [-0.39, 0.29) is 11.9 Å². The molecule has 0 aliphatic heterocycles. The van der Waals surface area contributed by atoms with Gasteiger partial charge in [-0.1, -0.05) is 51.7 Å². The molecule has 0 fully saturated rings. The Morgan fingerprint density at radius 2 is 1.82 bits per heavy atom. The van der Waals surface area contributed by atoms with Gasteiger partial charge in [0.05, 0.1) is 0 Å². The number of hydrogen-bond donors (Lipinski definition) is 1. The first-order valence-corrected chi connectivity index (χ1v) is 6.68. The second-order valence-corrected chi connectivity index (χ2v) is 4.81. The van der Waals surface area contributed by atoms with Crippen molar-refractivity contribution in [1.29, 1.82) is 0 Å². The largest absolute Gasteiger partial charge is 0.324 e. The van der Waals surface area contributed by atoms with Crippen molar-refractivity contribution >= 4 is 0 Å². The number of rotatable bonds is 7. The summed E-state index contributed by atoms with van der Waals surface area (Å²) in [6, 6.07) is 6.61. The molecular weight excluding hydrogens is 213 g/mol. The van der Waals surface area contributed by atoms with E-state index in [0.717, 1.165) is 12.0 Å². The van der Waals surface area contributed by atoms with E-state index in [1.807, 2.05) is 0 Å². The number of benzene rings is 1. The lowest BCUT2D eigenvalue weighted by Gasteiger charge is -2.19. The molecule has 1 rings (SSSR count). The van der Waals surface area contributed by atoms with Crippen molar-refractivity contribution in [2.24, 2.45) is 11.7 Å². The van der Waals surface area contributed by atoms with Gasteiger partial charge in [-0.05, 0) is 30.0 Å². The molecule has 0 aliphatic carbocycles. The number of halogens is 1. The lowest BCUT2D eigenvalue weighted by Crippen LogP contribution is -2.15. The van der Waals surface area contributed by atoms with Crippen LogP contribution < -0.4 is 5.73 Å². The quantitative estimate of drug-likeness (QED) is 0.745.